The van der Waals surface area contributed by atoms with Gasteiger partial charge < -0.3 is 10.3 Å². The number of rotatable bonds is 1. The maximum Gasteiger partial charge on any atom is 0.252 e. The standard InChI is InChI=1S/C9H12N2O/c12-9-7(3-1-6-11-9)8-4-2-5-10-8/h1,3,6,8,10H,2,4-5H2,(H,11,12)/t8-/m1/s1. The molecule has 0 aliphatic carbocycles. The summed E-state index contributed by atoms with van der Waals surface area (Å²) in [6.07, 6.45) is 3.91. The first-order chi connectivity index (χ1) is 5.88. The molecule has 1 aliphatic heterocycles. The van der Waals surface area contributed by atoms with Crippen molar-refractivity contribution in [2.45, 2.75) is 18.9 Å². The SMILES string of the molecule is O=c1[nH]cccc1[C@H]1CCCN1. The maximum atomic E-state index is 11.3. The van der Waals surface area contributed by atoms with Crippen molar-refractivity contribution in [1.82, 2.24) is 10.3 Å². The van der Waals surface area contributed by atoms with E-state index in [9.17, 15) is 4.79 Å². The molecule has 0 saturated carbocycles. The second-order valence-corrected chi connectivity index (χ2v) is 3.10. The van der Waals surface area contributed by atoms with E-state index in [0.29, 0.717) is 0 Å². The van der Waals surface area contributed by atoms with Crippen molar-refractivity contribution in [3.8, 4) is 0 Å². The number of H-pyrrole nitrogens is 1. The van der Waals surface area contributed by atoms with E-state index in [1.54, 1.807) is 6.20 Å². The van der Waals surface area contributed by atoms with E-state index in [0.717, 1.165) is 18.5 Å². The normalized spacial score (nSPS) is 22.8. The Morgan fingerprint density at radius 1 is 1.50 bits per heavy atom. The number of aromatic nitrogens is 1. The van der Waals surface area contributed by atoms with Crippen LogP contribution in [0.2, 0.25) is 0 Å². The molecule has 0 spiro atoms. The van der Waals surface area contributed by atoms with Crippen LogP contribution in [0.4, 0.5) is 0 Å². The van der Waals surface area contributed by atoms with Gasteiger partial charge in [-0.2, -0.15) is 0 Å². The predicted molar refractivity (Wildman–Crippen MR) is 47.0 cm³/mol. The Labute approximate surface area is 70.8 Å². The average molecular weight is 164 g/mol. The fraction of sp³-hybridized carbons (Fsp3) is 0.444. The molecule has 2 rings (SSSR count). The van der Waals surface area contributed by atoms with Gasteiger partial charge in [-0.25, -0.2) is 0 Å². The van der Waals surface area contributed by atoms with Crippen molar-refractivity contribution in [1.29, 1.82) is 0 Å². The van der Waals surface area contributed by atoms with Gasteiger partial charge in [-0.1, -0.05) is 6.07 Å². The van der Waals surface area contributed by atoms with Gasteiger partial charge in [0.05, 0.1) is 0 Å². The molecule has 1 saturated heterocycles. The van der Waals surface area contributed by atoms with Crippen LogP contribution < -0.4 is 10.9 Å². The smallest absolute Gasteiger partial charge is 0.252 e. The fourth-order valence-corrected chi connectivity index (χ4v) is 1.66. The molecular formula is C9H12N2O. The van der Waals surface area contributed by atoms with Crippen LogP contribution in [-0.4, -0.2) is 11.5 Å². The number of hydrogen-bond acceptors (Lipinski definition) is 2. The molecule has 1 aromatic heterocycles. The quantitative estimate of drug-likeness (QED) is 0.644. The molecule has 1 aliphatic rings. The predicted octanol–water partition coefficient (Wildman–Crippen LogP) is 0.799. The summed E-state index contributed by atoms with van der Waals surface area (Å²) in [5.41, 5.74) is 0.909. The third kappa shape index (κ3) is 1.28. The van der Waals surface area contributed by atoms with Gasteiger partial charge in [-0.15, -0.1) is 0 Å². The van der Waals surface area contributed by atoms with E-state index < -0.39 is 0 Å². The Kier molecular flexibility index (Phi) is 1.96. The molecule has 0 amide bonds. The molecule has 12 heavy (non-hydrogen) atoms. The molecule has 1 atom stereocenters. The highest BCUT2D eigenvalue weighted by atomic mass is 16.1. The minimum Gasteiger partial charge on any atom is -0.329 e. The minimum atomic E-state index is 0.0388. The van der Waals surface area contributed by atoms with Gasteiger partial charge in [-0.3, -0.25) is 4.79 Å². The third-order valence-electron chi connectivity index (χ3n) is 2.28. The van der Waals surface area contributed by atoms with Crippen LogP contribution in [0.15, 0.2) is 23.1 Å². The van der Waals surface area contributed by atoms with Crippen molar-refractivity contribution in [2.75, 3.05) is 6.54 Å². The zero-order valence-corrected chi connectivity index (χ0v) is 6.84. The van der Waals surface area contributed by atoms with Gasteiger partial charge in [-0.05, 0) is 25.5 Å². The summed E-state index contributed by atoms with van der Waals surface area (Å²) in [6.45, 7) is 1.03. The van der Waals surface area contributed by atoms with Crippen LogP contribution in [0.5, 0.6) is 0 Å². The van der Waals surface area contributed by atoms with E-state index in [4.69, 9.17) is 0 Å². The van der Waals surface area contributed by atoms with E-state index >= 15 is 0 Å². The Morgan fingerprint density at radius 3 is 3.08 bits per heavy atom. The summed E-state index contributed by atoms with van der Waals surface area (Å²) in [5.74, 6) is 0. The molecule has 0 aromatic carbocycles. The first-order valence-corrected chi connectivity index (χ1v) is 4.29. The summed E-state index contributed by atoms with van der Waals surface area (Å²) in [7, 11) is 0. The molecule has 64 valence electrons. The zero-order valence-electron chi connectivity index (χ0n) is 6.84. The minimum absolute atomic E-state index is 0.0388. The lowest BCUT2D eigenvalue weighted by molar-refractivity contribution is 0.639. The molecular weight excluding hydrogens is 152 g/mol. The van der Waals surface area contributed by atoms with Gasteiger partial charge in [0.25, 0.3) is 5.56 Å². The lowest BCUT2D eigenvalue weighted by atomic mass is 10.1. The fourth-order valence-electron chi connectivity index (χ4n) is 1.66. The zero-order chi connectivity index (χ0) is 8.39. The Morgan fingerprint density at radius 2 is 2.42 bits per heavy atom. The molecule has 1 fully saturated rings. The lowest BCUT2D eigenvalue weighted by Crippen LogP contribution is -2.21. The first-order valence-electron chi connectivity index (χ1n) is 4.29. The van der Waals surface area contributed by atoms with Crippen LogP contribution in [-0.2, 0) is 0 Å². The van der Waals surface area contributed by atoms with Crippen molar-refractivity contribution in [3.05, 3.63) is 34.2 Å². The summed E-state index contributed by atoms with van der Waals surface area (Å²) >= 11 is 0. The topological polar surface area (TPSA) is 44.9 Å². The lowest BCUT2D eigenvalue weighted by Gasteiger charge is -2.07. The van der Waals surface area contributed by atoms with Crippen molar-refractivity contribution in [2.24, 2.45) is 0 Å². The number of nitrogens with one attached hydrogen (secondary N) is 2. The maximum absolute atomic E-state index is 11.3. The van der Waals surface area contributed by atoms with Gasteiger partial charge >= 0.3 is 0 Å². The highest BCUT2D eigenvalue weighted by Gasteiger charge is 2.17. The summed E-state index contributed by atoms with van der Waals surface area (Å²) in [4.78, 5) is 14.0. The van der Waals surface area contributed by atoms with E-state index in [1.165, 1.54) is 6.42 Å². The van der Waals surface area contributed by atoms with Crippen LogP contribution >= 0.6 is 0 Å². The average Bonchev–Trinajstić information content (AvgIpc) is 2.57. The molecule has 2 N–H and O–H groups in total. The van der Waals surface area contributed by atoms with Crippen LogP contribution in [0.3, 0.4) is 0 Å². The van der Waals surface area contributed by atoms with E-state index in [1.807, 2.05) is 12.1 Å². The van der Waals surface area contributed by atoms with Gasteiger partial charge in [0, 0.05) is 17.8 Å². The summed E-state index contributed by atoms with van der Waals surface area (Å²) in [5, 5.41) is 3.29. The first kappa shape index (κ1) is 7.55. The molecule has 0 unspecified atom stereocenters. The van der Waals surface area contributed by atoms with Gasteiger partial charge in [0.15, 0.2) is 0 Å². The van der Waals surface area contributed by atoms with Crippen LogP contribution in [0.25, 0.3) is 0 Å². The monoisotopic (exact) mass is 164 g/mol. The molecule has 2 heterocycles. The molecule has 0 bridgehead atoms. The summed E-state index contributed by atoms with van der Waals surface area (Å²) in [6, 6.07) is 4.04. The van der Waals surface area contributed by atoms with Crippen molar-refractivity contribution in [3.63, 3.8) is 0 Å². The number of pyridine rings is 1. The molecule has 3 nitrogen and oxygen atoms in total. The van der Waals surface area contributed by atoms with Crippen molar-refractivity contribution < 1.29 is 0 Å². The second kappa shape index (κ2) is 3.11. The molecule has 1 aromatic rings. The Hall–Kier alpha value is -1.09. The largest absolute Gasteiger partial charge is 0.329 e. The van der Waals surface area contributed by atoms with E-state index in [-0.39, 0.29) is 11.6 Å². The second-order valence-electron chi connectivity index (χ2n) is 3.10. The third-order valence-corrected chi connectivity index (χ3v) is 2.28. The number of aromatic amines is 1. The Balaban J connectivity index is 2.32. The van der Waals surface area contributed by atoms with Gasteiger partial charge in [0.1, 0.15) is 0 Å². The van der Waals surface area contributed by atoms with Crippen molar-refractivity contribution >= 4 is 0 Å². The van der Waals surface area contributed by atoms with Gasteiger partial charge in [0.2, 0.25) is 0 Å². The highest BCUT2D eigenvalue weighted by Crippen LogP contribution is 2.18. The highest BCUT2D eigenvalue weighted by molar-refractivity contribution is 5.15. The molecule has 0 radical (unpaired) electrons. The summed E-state index contributed by atoms with van der Waals surface area (Å²) < 4.78 is 0. The van der Waals surface area contributed by atoms with E-state index in [2.05, 4.69) is 10.3 Å². The van der Waals surface area contributed by atoms with Crippen LogP contribution in [0.1, 0.15) is 24.4 Å². The molecule has 3 heteroatoms. The van der Waals surface area contributed by atoms with Crippen LogP contribution in [0, 0.1) is 0 Å². The Bertz CT molecular complexity index is 312. The number of hydrogen-bond donors (Lipinski definition) is 2.